The number of hydrogen-bond donors (Lipinski definition) is 2. The molecule has 0 amide bonds. The van der Waals surface area contributed by atoms with E-state index in [0.717, 1.165) is 32.6 Å². The van der Waals surface area contributed by atoms with Crippen LogP contribution in [0.2, 0.25) is 0 Å². The van der Waals surface area contributed by atoms with Crippen molar-refractivity contribution in [1.29, 1.82) is 0 Å². The van der Waals surface area contributed by atoms with Gasteiger partial charge in [-0.15, -0.1) is 0 Å². The van der Waals surface area contributed by atoms with Crippen LogP contribution in [0.1, 0.15) is 13.3 Å². The molecular weight excluding hydrogens is 206 g/mol. The standard InChI is InChI=1S/C11H23N3O2/c1-3-12-10(11(15)16)9-14-6-4-5-13(2)7-8-14/h10,12H,3-9H2,1-2H3,(H,15,16). The minimum Gasteiger partial charge on any atom is -0.480 e. The third-order valence-corrected chi connectivity index (χ3v) is 3.00. The third-order valence-electron chi connectivity index (χ3n) is 3.00. The smallest absolute Gasteiger partial charge is 0.322 e. The third kappa shape index (κ3) is 4.47. The molecule has 1 aliphatic rings. The number of rotatable bonds is 5. The summed E-state index contributed by atoms with van der Waals surface area (Å²) < 4.78 is 0. The van der Waals surface area contributed by atoms with Crippen LogP contribution in [0, 0.1) is 0 Å². The molecule has 1 rings (SSSR count). The lowest BCUT2D eigenvalue weighted by atomic mass is 10.2. The Bertz CT molecular complexity index is 223. The molecular formula is C11H23N3O2. The van der Waals surface area contributed by atoms with Gasteiger partial charge in [-0.05, 0) is 33.1 Å². The van der Waals surface area contributed by atoms with Crippen molar-refractivity contribution in [2.75, 3.05) is 46.3 Å². The number of nitrogens with zero attached hydrogens (tertiary/aromatic N) is 2. The van der Waals surface area contributed by atoms with Gasteiger partial charge < -0.3 is 15.3 Å². The molecule has 0 bridgehead atoms. The van der Waals surface area contributed by atoms with Crippen molar-refractivity contribution in [2.24, 2.45) is 0 Å². The van der Waals surface area contributed by atoms with E-state index in [2.05, 4.69) is 22.2 Å². The second kappa shape index (κ2) is 6.83. The second-order valence-electron chi connectivity index (χ2n) is 4.41. The van der Waals surface area contributed by atoms with Crippen LogP contribution < -0.4 is 5.32 Å². The molecule has 1 atom stereocenters. The zero-order valence-electron chi connectivity index (χ0n) is 10.3. The SMILES string of the molecule is CCNC(CN1CCCN(C)CC1)C(=O)O. The Balaban J connectivity index is 2.40. The summed E-state index contributed by atoms with van der Waals surface area (Å²) in [6, 6.07) is -0.437. The molecule has 1 heterocycles. The Morgan fingerprint density at radius 1 is 1.38 bits per heavy atom. The van der Waals surface area contributed by atoms with Gasteiger partial charge in [-0.1, -0.05) is 6.92 Å². The Labute approximate surface area is 97.4 Å². The fourth-order valence-electron chi connectivity index (χ4n) is 2.02. The molecule has 0 aromatic carbocycles. The lowest BCUT2D eigenvalue weighted by Gasteiger charge is -2.24. The first kappa shape index (κ1) is 13.4. The van der Waals surface area contributed by atoms with Gasteiger partial charge in [0.15, 0.2) is 0 Å². The molecule has 0 aliphatic carbocycles. The highest BCUT2D eigenvalue weighted by Gasteiger charge is 2.21. The topological polar surface area (TPSA) is 55.8 Å². The molecule has 0 spiro atoms. The van der Waals surface area contributed by atoms with E-state index < -0.39 is 12.0 Å². The molecule has 0 saturated carbocycles. The molecule has 1 saturated heterocycles. The van der Waals surface area contributed by atoms with Gasteiger partial charge in [-0.3, -0.25) is 9.69 Å². The largest absolute Gasteiger partial charge is 0.480 e. The molecule has 0 aromatic heterocycles. The molecule has 94 valence electrons. The van der Waals surface area contributed by atoms with Gasteiger partial charge in [0, 0.05) is 19.6 Å². The first-order valence-electron chi connectivity index (χ1n) is 6.00. The van der Waals surface area contributed by atoms with Crippen LogP contribution in [-0.2, 0) is 4.79 Å². The van der Waals surface area contributed by atoms with Crippen molar-refractivity contribution in [2.45, 2.75) is 19.4 Å². The fraction of sp³-hybridized carbons (Fsp3) is 0.909. The number of carboxylic acid groups (broad SMARTS) is 1. The van der Waals surface area contributed by atoms with Gasteiger partial charge in [0.25, 0.3) is 0 Å². The zero-order chi connectivity index (χ0) is 12.0. The highest BCUT2D eigenvalue weighted by Crippen LogP contribution is 2.02. The minimum atomic E-state index is -0.751. The Hall–Kier alpha value is -0.650. The van der Waals surface area contributed by atoms with Crippen LogP contribution in [-0.4, -0.2) is 73.2 Å². The highest BCUT2D eigenvalue weighted by atomic mass is 16.4. The summed E-state index contributed by atoms with van der Waals surface area (Å²) in [5, 5.41) is 12.1. The molecule has 1 unspecified atom stereocenters. The van der Waals surface area contributed by atoms with E-state index in [1.807, 2.05) is 6.92 Å². The average Bonchev–Trinajstić information content (AvgIpc) is 2.43. The van der Waals surface area contributed by atoms with Gasteiger partial charge in [0.05, 0.1) is 0 Å². The van der Waals surface area contributed by atoms with Gasteiger partial charge in [0.1, 0.15) is 6.04 Å². The van der Waals surface area contributed by atoms with E-state index in [-0.39, 0.29) is 0 Å². The highest BCUT2D eigenvalue weighted by molar-refractivity contribution is 5.73. The van der Waals surface area contributed by atoms with Crippen molar-refractivity contribution in [3.63, 3.8) is 0 Å². The summed E-state index contributed by atoms with van der Waals surface area (Å²) in [5.41, 5.74) is 0. The van der Waals surface area contributed by atoms with E-state index in [1.54, 1.807) is 0 Å². The molecule has 1 aliphatic heterocycles. The molecule has 0 radical (unpaired) electrons. The molecule has 5 heteroatoms. The van der Waals surface area contributed by atoms with E-state index >= 15 is 0 Å². The first-order chi connectivity index (χ1) is 7.63. The second-order valence-corrected chi connectivity index (χ2v) is 4.41. The summed E-state index contributed by atoms with van der Waals surface area (Å²) in [7, 11) is 2.11. The molecule has 0 aromatic rings. The van der Waals surface area contributed by atoms with Crippen LogP contribution in [0.25, 0.3) is 0 Å². The summed E-state index contributed by atoms with van der Waals surface area (Å²) in [5.74, 6) is -0.751. The average molecular weight is 229 g/mol. The maximum absolute atomic E-state index is 11.0. The van der Waals surface area contributed by atoms with Crippen LogP contribution in [0.3, 0.4) is 0 Å². The van der Waals surface area contributed by atoms with E-state index in [1.165, 1.54) is 0 Å². The van der Waals surface area contributed by atoms with Crippen molar-refractivity contribution in [3.8, 4) is 0 Å². The predicted molar refractivity (Wildman–Crippen MR) is 63.7 cm³/mol. The number of hydrogen-bond acceptors (Lipinski definition) is 4. The number of carboxylic acids is 1. The number of aliphatic carboxylic acids is 1. The zero-order valence-corrected chi connectivity index (χ0v) is 10.3. The van der Waals surface area contributed by atoms with Crippen LogP contribution in [0.5, 0.6) is 0 Å². The Kier molecular flexibility index (Phi) is 5.73. The van der Waals surface area contributed by atoms with Crippen molar-refractivity contribution < 1.29 is 9.90 Å². The lowest BCUT2D eigenvalue weighted by molar-refractivity contribution is -0.140. The summed E-state index contributed by atoms with van der Waals surface area (Å²) >= 11 is 0. The molecule has 1 fully saturated rings. The maximum atomic E-state index is 11.0. The van der Waals surface area contributed by atoms with E-state index in [9.17, 15) is 4.79 Å². The summed E-state index contributed by atoms with van der Waals surface area (Å²) in [6.45, 7) is 7.34. The van der Waals surface area contributed by atoms with Crippen LogP contribution >= 0.6 is 0 Å². The van der Waals surface area contributed by atoms with Crippen molar-refractivity contribution in [1.82, 2.24) is 15.1 Å². The number of carbonyl (C=O) groups is 1. The minimum absolute atomic E-state index is 0.437. The Morgan fingerprint density at radius 3 is 2.75 bits per heavy atom. The van der Waals surface area contributed by atoms with Gasteiger partial charge >= 0.3 is 5.97 Å². The van der Waals surface area contributed by atoms with Gasteiger partial charge in [-0.25, -0.2) is 0 Å². The maximum Gasteiger partial charge on any atom is 0.322 e. The molecule has 16 heavy (non-hydrogen) atoms. The number of nitrogens with one attached hydrogen (secondary N) is 1. The van der Waals surface area contributed by atoms with Gasteiger partial charge in [-0.2, -0.15) is 0 Å². The monoisotopic (exact) mass is 229 g/mol. The number of likely N-dealkylation sites (N-methyl/N-ethyl adjacent to an activating group) is 2. The van der Waals surface area contributed by atoms with E-state index in [0.29, 0.717) is 13.1 Å². The lowest BCUT2D eigenvalue weighted by Crippen LogP contribution is -2.46. The van der Waals surface area contributed by atoms with Crippen molar-refractivity contribution in [3.05, 3.63) is 0 Å². The summed E-state index contributed by atoms with van der Waals surface area (Å²) in [6.07, 6.45) is 1.12. The summed E-state index contributed by atoms with van der Waals surface area (Å²) in [4.78, 5) is 15.5. The Morgan fingerprint density at radius 2 is 2.12 bits per heavy atom. The van der Waals surface area contributed by atoms with E-state index in [4.69, 9.17) is 5.11 Å². The molecule has 5 nitrogen and oxygen atoms in total. The van der Waals surface area contributed by atoms with Gasteiger partial charge in [0.2, 0.25) is 0 Å². The predicted octanol–water partition coefficient (Wildman–Crippen LogP) is -0.313. The molecule has 2 N–H and O–H groups in total. The normalized spacial score (nSPS) is 21.6. The van der Waals surface area contributed by atoms with Crippen LogP contribution in [0.4, 0.5) is 0 Å². The quantitative estimate of drug-likeness (QED) is 0.677. The van der Waals surface area contributed by atoms with Crippen LogP contribution in [0.15, 0.2) is 0 Å². The van der Waals surface area contributed by atoms with Crippen molar-refractivity contribution >= 4 is 5.97 Å². The fourth-order valence-corrected chi connectivity index (χ4v) is 2.02. The first-order valence-corrected chi connectivity index (χ1v) is 6.00.